The summed E-state index contributed by atoms with van der Waals surface area (Å²) in [6.45, 7) is 0.660. The standard InChI is InChI=1S/C20H18FN3O2/c21-16-10-8-14(9-11-16)13-18(25)24-12-4-7-17(24)20-22-19(23-26-20)15-5-2-1-3-6-15/h1-3,5-6,8-11,17H,4,7,12-13H2/t17-/m1/s1. The van der Waals surface area contributed by atoms with E-state index >= 15 is 0 Å². The Bertz CT molecular complexity index is 893. The van der Waals surface area contributed by atoms with Crippen molar-refractivity contribution in [3.8, 4) is 11.4 Å². The van der Waals surface area contributed by atoms with Gasteiger partial charge in [0.25, 0.3) is 0 Å². The van der Waals surface area contributed by atoms with Crippen LogP contribution in [0.15, 0.2) is 59.1 Å². The summed E-state index contributed by atoms with van der Waals surface area (Å²) >= 11 is 0. The van der Waals surface area contributed by atoms with Gasteiger partial charge in [-0.1, -0.05) is 47.6 Å². The zero-order valence-corrected chi connectivity index (χ0v) is 14.1. The van der Waals surface area contributed by atoms with Crippen LogP contribution in [0.4, 0.5) is 4.39 Å². The molecule has 6 heteroatoms. The molecular weight excluding hydrogens is 333 g/mol. The number of benzene rings is 2. The Labute approximate surface area is 150 Å². The van der Waals surface area contributed by atoms with Gasteiger partial charge in [0.05, 0.1) is 6.42 Å². The molecule has 1 aromatic heterocycles. The highest BCUT2D eigenvalue weighted by atomic mass is 19.1. The van der Waals surface area contributed by atoms with Gasteiger partial charge in [0.1, 0.15) is 11.9 Å². The van der Waals surface area contributed by atoms with E-state index in [0.29, 0.717) is 18.3 Å². The van der Waals surface area contributed by atoms with Crippen molar-refractivity contribution >= 4 is 5.91 Å². The Hall–Kier alpha value is -3.02. The first-order chi connectivity index (χ1) is 12.7. The van der Waals surface area contributed by atoms with E-state index in [1.54, 1.807) is 17.0 Å². The third-order valence-electron chi connectivity index (χ3n) is 4.60. The zero-order valence-electron chi connectivity index (χ0n) is 14.1. The number of halogens is 1. The van der Waals surface area contributed by atoms with Crippen molar-refractivity contribution in [3.05, 3.63) is 71.9 Å². The number of amides is 1. The molecule has 0 N–H and O–H groups in total. The third-order valence-corrected chi connectivity index (χ3v) is 4.60. The minimum atomic E-state index is -0.306. The molecule has 1 aliphatic heterocycles. The van der Waals surface area contributed by atoms with Crippen LogP contribution in [0, 0.1) is 5.82 Å². The van der Waals surface area contributed by atoms with Crippen LogP contribution in [0.5, 0.6) is 0 Å². The highest BCUT2D eigenvalue weighted by molar-refractivity contribution is 5.79. The van der Waals surface area contributed by atoms with Crippen LogP contribution in [-0.4, -0.2) is 27.5 Å². The van der Waals surface area contributed by atoms with Gasteiger partial charge in [-0.25, -0.2) is 4.39 Å². The quantitative estimate of drug-likeness (QED) is 0.718. The first kappa shape index (κ1) is 16.4. The second-order valence-corrected chi connectivity index (χ2v) is 6.37. The molecule has 5 nitrogen and oxygen atoms in total. The molecule has 0 unspecified atom stereocenters. The molecule has 0 bridgehead atoms. The maximum atomic E-state index is 13.0. The van der Waals surface area contributed by atoms with Gasteiger partial charge in [-0.15, -0.1) is 0 Å². The molecule has 26 heavy (non-hydrogen) atoms. The first-order valence-electron chi connectivity index (χ1n) is 8.63. The van der Waals surface area contributed by atoms with Crippen LogP contribution in [-0.2, 0) is 11.2 Å². The van der Waals surface area contributed by atoms with Crippen molar-refractivity contribution in [2.75, 3.05) is 6.54 Å². The van der Waals surface area contributed by atoms with Crippen LogP contribution in [0.1, 0.15) is 30.3 Å². The van der Waals surface area contributed by atoms with E-state index in [1.807, 2.05) is 30.3 Å². The lowest BCUT2D eigenvalue weighted by Gasteiger charge is -2.21. The minimum absolute atomic E-state index is 0.0152. The fourth-order valence-electron chi connectivity index (χ4n) is 3.28. The Kier molecular flexibility index (Phi) is 4.48. The maximum absolute atomic E-state index is 13.0. The Morgan fingerprint density at radius 3 is 2.69 bits per heavy atom. The van der Waals surface area contributed by atoms with E-state index in [2.05, 4.69) is 10.1 Å². The van der Waals surface area contributed by atoms with Crippen molar-refractivity contribution < 1.29 is 13.7 Å². The van der Waals surface area contributed by atoms with Crippen molar-refractivity contribution in [1.82, 2.24) is 15.0 Å². The van der Waals surface area contributed by atoms with Gasteiger partial charge in [-0.2, -0.15) is 4.98 Å². The number of carbonyl (C=O) groups excluding carboxylic acids is 1. The van der Waals surface area contributed by atoms with E-state index in [0.717, 1.165) is 24.0 Å². The van der Waals surface area contributed by atoms with Crippen molar-refractivity contribution in [2.45, 2.75) is 25.3 Å². The number of likely N-dealkylation sites (tertiary alicyclic amines) is 1. The third kappa shape index (κ3) is 3.35. The van der Waals surface area contributed by atoms with Crippen LogP contribution >= 0.6 is 0 Å². The lowest BCUT2D eigenvalue weighted by atomic mass is 10.1. The number of aromatic nitrogens is 2. The van der Waals surface area contributed by atoms with Gasteiger partial charge in [0.15, 0.2) is 0 Å². The monoisotopic (exact) mass is 351 g/mol. The SMILES string of the molecule is O=C(Cc1ccc(F)cc1)N1CCC[C@@H]1c1nc(-c2ccccc2)no1. The molecule has 0 saturated carbocycles. The zero-order chi connectivity index (χ0) is 17.9. The summed E-state index contributed by atoms with van der Waals surface area (Å²) in [5.41, 5.74) is 1.67. The second kappa shape index (κ2) is 7.07. The summed E-state index contributed by atoms with van der Waals surface area (Å²) in [4.78, 5) is 19.0. The van der Waals surface area contributed by atoms with E-state index in [9.17, 15) is 9.18 Å². The molecule has 3 aromatic rings. The predicted octanol–water partition coefficient (Wildman–Crippen LogP) is 3.78. The molecule has 0 aliphatic carbocycles. The van der Waals surface area contributed by atoms with Gasteiger partial charge >= 0.3 is 0 Å². The Balaban J connectivity index is 1.50. The maximum Gasteiger partial charge on any atom is 0.249 e. The van der Waals surface area contributed by atoms with Crippen LogP contribution < -0.4 is 0 Å². The van der Waals surface area contributed by atoms with E-state index < -0.39 is 0 Å². The fourth-order valence-corrected chi connectivity index (χ4v) is 3.28. The van der Waals surface area contributed by atoms with Crippen molar-refractivity contribution in [2.24, 2.45) is 0 Å². The lowest BCUT2D eigenvalue weighted by Crippen LogP contribution is -2.32. The molecule has 1 amide bonds. The smallest absolute Gasteiger partial charge is 0.249 e. The van der Waals surface area contributed by atoms with Crippen LogP contribution in [0.2, 0.25) is 0 Å². The molecule has 2 aromatic carbocycles. The summed E-state index contributed by atoms with van der Waals surface area (Å²) in [5, 5.41) is 4.05. The first-order valence-corrected chi connectivity index (χ1v) is 8.63. The van der Waals surface area contributed by atoms with Crippen molar-refractivity contribution in [3.63, 3.8) is 0 Å². The summed E-state index contributed by atoms with van der Waals surface area (Å²) in [5.74, 6) is 0.672. The minimum Gasteiger partial charge on any atom is -0.337 e. The summed E-state index contributed by atoms with van der Waals surface area (Å²) in [6, 6.07) is 15.4. The van der Waals surface area contributed by atoms with E-state index in [-0.39, 0.29) is 24.2 Å². The average molecular weight is 351 g/mol. The Morgan fingerprint density at radius 1 is 1.15 bits per heavy atom. The predicted molar refractivity (Wildman–Crippen MR) is 93.5 cm³/mol. The van der Waals surface area contributed by atoms with Gasteiger partial charge in [-0.3, -0.25) is 4.79 Å². The van der Waals surface area contributed by atoms with E-state index in [4.69, 9.17) is 4.52 Å². The number of carbonyl (C=O) groups is 1. The van der Waals surface area contributed by atoms with Crippen LogP contribution in [0.3, 0.4) is 0 Å². The lowest BCUT2D eigenvalue weighted by molar-refractivity contribution is -0.131. The molecule has 4 rings (SSSR count). The fraction of sp³-hybridized carbons (Fsp3) is 0.250. The Morgan fingerprint density at radius 2 is 1.92 bits per heavy atom. The molecule has 1 saturated heterocycles. The number of hydrogen-bond donors (Lipinski definition) is 0. The van der Waals surface area contributed by atoms with Gasteiger partial charge in [0.2, 0.25) is 17.6 Å². The molecule has 2 heterocycles. The molecule has 0 spiro atoms. The average Bonchev–Trinajstić information content (AvgIpc) is 3.33. The molecule has 1 fully saturated rings. The summed E-state index contributed by atoms with van der Waals surface area (Å²) in [7, 11) is 0. The highest BCUT2D eigenvalue weighted by Crippen LogP contribution is 2.32. The number of nitrogens with zero attached hydrogens (tertiary/aromatic N) is 3. The largest absolute Gasteiger partial charge is 0.337 e. The van der Waals surface area contributed by atoms with Crippen molar-refractivity contribution in [1.29, 1.82) is 0 Å². The van der Waals surface area contributed by atoms with Gasteiger partial charge in [0, 0.05) is 12.1 Å². The molecular formula is C20H18FN3O2. The highest BCUT2D eigenvalue weighted by Gasteiger charge is 2.34. The topological polar surface area (TPSA) is 59.2 Å². The molecule has 1 aliphatic rings. The molecule has 0 radical (unpaired) electrons. The van der Waals surface area contributed by atoms with Gasteiger partial charge < -0.3 is 9.42 Å². The number of rotatable bonds is 4. The number of hydrogen-bond acceptors (Lipinski definition) is 4. The summed E-state index contributed by atoms with van der Waals surface area (Å²) < 4.78 is 18.5. The van der Waals surface area contributed by atoms with Gasteiger partial charge in [-0.05, 0) is 30.5 Å². The van der Waals surface area contributed by atoms with E-state index in [1.165, 1.54) is 12.1 Å². The normalized spacial score (nSPS) is 16.8. The molecule has 1 atom stereocenters. The summed E-state index contributed by atoms with van der Waals surface area (Å²) in [6.07, 6.45) is 1.92. The second-order valence-electron chi connectivity index (χ2n) is 6.37. The molecule has 132 valence electrons. The van der Waals surface area contributed by atoms with Crippen LogP contribution in [0.25, 0.3) is 11.4 Å².